The van der Waals surface area contributed by atoms with Gasteiger partial charge in [0.1, 0.15) is 6.04 Å². The number of nitrogens with one attached hydrogen (secondary N) is 2. The zero-order valence-corrected chi connectivity index (χ0v) is 15.9. The molecule has 1 aromatic rings. The number of likely N-dealkylation sites (tertiary alicyclic amines) is 2. The van der Waals surface area contributed by atoms with Gasteiger partial charge in [0.15, 0.2) is 0 Å². The Labute approximate surface area is 164 Å². The maximum atomic E-state index is 12.5. The predicted molar refractivity (Wildman–Crippen MR) is 105 cm³/mol. The number of benzene rings is 1. The average Bonchev–Trinajstić information content (AvgIpc) is 3.26. The minimum absolute atomic E-state index is 0.0222. The Hall–Kier alpha value is -2.83. The van der Waals surface area contributed by atoms with Crippen LogP contribution < -0.4 is 10.6 Å². The number of carbonyl (C=O) groups excluding carboxylic acids is 3. The standard InChI is InChI=1S/C21H26N4O3/c26-18-13-21(15-25(18)10-4-7-16-5-2-1-3-6-16)8-11-24(12-9-21)19(27)17-14-22-20(28)23-17/h1-7,17H,8-15H2,(H2,22,23,28)/b7-4+/t17-/m1/s1. The second-order valence-corrected chi connectivity index (χ2v) is 8.00. The molecule has 0 saturated carbocycles. The van der Waals surface area contributed by atoms with Gasteiger partial charge in [-0.3, -0.25) is 9.59 Å². The van der Waals surface area contributed by atoms with Crippen molar-refractivity contribution in [3.05, 3.63) is 42.0 Å². The highest BCUT2D eigenvalue weighted by atomic mass is 16.2. The number of carbonyl (C=O) groups is 3. The molecule has 3 heterocycles. The van der Waals surface area contributed by atoms with Gasteiger partial charge >= 0.3 is 6.03 Å². The predicted octanol–water partition coefficient (Wildman–Crippen LogP) is 1.22. The van der Waals surface area contributed by atoms with Gasteiger partial charge in [0.25, 0.3) is 0 Å². The minimum atomic E-state index is -0.466. The third kappa shape index (κ3) is 3.88. The molecule has 0 radical (unpaired) electrons. The van der Waals surface area contributed by atoms with E-state index in [-0.39, 0.29) is 23.3 Å². The first kappa shape index (κ1) is 18.5. The summed E-state index contributed by atoms with van der Waals surface area (Å²) < 4.78 is 0. The number of hydrogen-bond acceptors (Lipinski definition) is 3. The van der Waals surface area contributed by atoms with E-state index in [1.807, 2.05) is 52.3 Å². The molecule has 3 saturated heterocycles. The second-order valence-electron chi connectivity index (χ2n) is 8.00. The van der Waals surface area contributed by atoms with Gasteiger partial charge in [0.05, 0.1) is 0 Å². The second kappa shape index (κ2) is 7.66. The Kier molecular flexibility index (Phi) is 5.07. The summed E-state index contributed by atoms with van der Waals surface area (Å²) in [5.41, 5.74) is 1.11. The fourth-order valence-electron chi connectivity index (χ4n) is 4.39. The van der Waals surface area contributed by atoms with E-state index in [9.17, 15) is 14.4 Å². The summed E-state index contributed by atoms with van der Waals surface area (Å²) >= 11 is 0. The number of hydrogen-bond donors (Lipinski definition) is 2. The van der Waals surface area contributed by atoms with Crippen molar-refractivity contribution in [2.75, 3.05) is 32.7 Å². The van der Waals surface area contributed by atoms with Crippen LogP contribution in [0.3, 0.4) is 0 Å². The van der Waals surface area contributed by atoms with Gasteiger partial charge in [-0.25, -0.2) is 4.79 Å². The first-order valence-electron chi connectivity index (χ1n) is 9.87. The van der Waals surface area contributed by atoms with Crippen LogP contribution >= 0.6 is 0 Å². The van der Waals surface area contributed by atoms with E-state index in [1.54, 1.807) is 0 Å². The van der Waals surface area contributed by atoms with Gasteiger partial charge in [-0.05, 0) is 18.4 Å². The number of urea groups is 1. The summed E-state index contributed by atoms with van der Waals surface area (Å²) in [6.07, 6.45) is 6.31. The van der Waals surface area contributed by atoms with Gasteiger partial charge in [-0.15, -0.1) is 0 Å². The van der Waals surface area contributed by atoms with Crippen molar-refractivity contribution in [2.45, 2.75) is 25.3 Å². The van der Waals surface area contributed by atoms with Crippen molar-refractivity contribution in [3.63, 3.8) is 0 Å². The molecule has 1 spiro atoms. The molecule has 7 nitrogen and oxygen atoms in total. The third-order valence-corrected chi connectivity index (χ3v) is 6.05. The van der Waals surface area contributed by atoms with E-state index in [1.165, 1.54) is 0 Å². The zero-order chi connectivity index (χ0) is 19.6. The first-order chi connectivity index (χ1) is 13.5. The maximum absolute atomic E-state index is 12.5. The minimum Gasteiger partial charge on any atom is -0.341 e. The van der Waals surface area contributed by atoms with Crippen LogP contribution in [0.2, 0.25) is 0 Å². The molecule has 0 unspecified atom stereocenters. The molecule has 1 atom stereocenters. The molecule has 1 aromatic carbocycles. The van der Waals surface area contributed by atoms with E-state index in [2.05, 4.69) is 10.6 Å². The van der Waals surface area contributed by atoms with Crippen molar-refractivity contribution in [1.82, 2.24) is 20.4 Å². The molecular formula is C21H26N4O3. The molecular weight excluding hydrogens is 356 g/mol. The summed E-state index contributed by atoms with van der Waals surface area (Å²) in [4.78, 5) is 40.1. The molecule has 7 heteroatoms. The van der Waals surface area contributed by atoms with Gasteiger partial charge in [0, 0.05) is 44.6 Å². The summed E-state index contributed by atoms with van der Waals surface area (Å²) in [5, 5.41) is 5.28. The van der Waals surface area contributed by atoms with Crippen LogP contribution in [0.5, 0.6) is 0 Å². The topological polar surface area (TPSA) is 81.8 Å². The molecule has 3 fully saturated rings. The van der Waals surface area contributed by atoms with Crippen molar-refractivity contribution < 1.29 is 14.4 Å². The van der Waals surface area contributed by atoms with E-state index in [0.717, 1.165) is 24.9 Å². The summed E-state index contributed by atoms with van der Waals surface area (Å²) in [5.74, 6) is 0.171. The lowest BCUT2D eigenvalue weighted by atomic mass is 9.77. The van der Waals surface area contributed by atoms with Crippen molar-refractivity contribution in [1.29, 1.82) is 0 Å². The van der Waals surface area contributed by atoms with Crippen molar-refractivity contribution in [2.24, 2.45) is 5.41 Å². The Morgan fingerprint density at radius 2 is 1.93 bits per heavy atom. The normalized spacial score (nSPS) is 24.1. The Balaban J connectivity index is 1.29. The van der Waals surface area contributed by atoms with Crippen LogP contribution in [0.15, 0.2) is 36.4 Å². The molecule has 0 bridgehead atoms. The van der Waals surface area contributed by atoms with E-state index >= 15 is 0 Å². The average molecular weight is 382 g/mol. The molecule has 28 heavy (non-hydrogen) atoms. The SMILES string of the molecule is O=C1NC[C@H](C(=O)N2CCC3(CC2)CC(=O)N(C/C=C/c2ccccc2)C3)N1. The molecule has 148 valence electrons. The fraction of sp³-hybridized carbons (Fsp3) is 0.476. The molecule has 4 amide bonds. The van der Waals surface area contributed by atoms with Crippen LogP contribution in [0.1, 0.15) is 24.8 Å². The van der Waals surface area contributed by atoms with Gasteiger partial charge in [-0.1, -0.05) is 42.5 Å². The molecule has 3 aliphatic rings. The number of rotatable bonds is 4. The van der Waals surface area contributed by atoms with Crippen LogP contribution in [-0.2, 0) is 9.59 Å². The summed E-state index contributed by atoms with van der Waals surface area (Å²) in [6.45, 7) is 3.02. The summed E-state index contributed by atoms with van der Waals surface area (Å²) in [7, 11) is 0. The van der Waals surface area contributed by atoms with Gasteiger partial charge in [-0.2, -0.15) is 0 Å². The smallest absolute Gasteiger partial charge is 0.315 e. The van der Waals surface area contributed by atoms with Crippen LogP contribution in [0.25, 0.3) is 6.08 Å². The largest absolute Gasteiger partial charge is 0.341 e. The van der Waals surface area contributed by atoms with Crippen LogP contribution in [0, 0.1) is 5.41 Å². The highest BCUT2D eigenvalue weighted by Crippen LogP contribution is 2.41. The fourth-order valence-corrected chi connectivity index (χ4v) is 4.39. The molecule has 3 aliphatic heterocycles. The highest BCUT2D eigenvalue weighted by molar-refractivity contribution is 5.90. The van der Waals surface area contributed by atoms with Crippen LogP contribution in [0.4, 0.5) is 4.79 Å². The maximum Gasteiger partial charge on any atom is 0.315 e. The molecule has 4 rings (SSSR count). The lowest BCUT2D eigenvalue weighted by Crippen LogP contribution is -2.50. The number of piperidine rings is 1. The third-order valence-electron chi connectivity index (χ3n) is 6.05. The van der Waals surface area contributed by atoms with Gasteiger partial charge in [0.2, 0.25) is 11.8 Å². The number of amides is 4. The number of nitrogens with zero attached hydrogens (tertiary/aromatic N) is 2. The molecule has 2 N–H and O–H groups in total. The van der Waals surface area contributed by atoms with Crippen molar-refractivity contribution >= 4 is 23.9 Å². The van der Waals surface area contributed by atoms with Gasteiger partial charge < -0.3 is 20.4 Å². The Morgan fingerprint density at radius 1 is 1.18 bits per heavy atom. The monoisotopic (exact) mass is 382 g/mol. The van der Waals surface area contributed by atoms with E-state index in [4.69, 9.17) is 0 Å². The van der Waals surface area contributed by atoms with E-state index < -0.39 is 6.04 Å². The highest BCUT2D eigenvalue weighted by Gasteiger charge is 2.45. The zero-order valence-electron chi connectivity index (χ0n) is 15.9. The van der Waals surface area contributed by atoms with E-state index in [0.29, 0.717) is 32.6 Å². The lowest BCUT2D eigenvalue weighted by molar-refractivity contribution is -0.134. The van der Waals surface area contributed by atoms with Crippen molar-refractivity contribution in [3.8, 4) is 0 Å². The molecule has 0 aromatic heterocycles. The Bertz CT molecular complexity index is 784. The summed E-state index contributed by atoms with van der Waals surface area (Å²) in [6, 6.07) is 9.31. The Morgan fingerprint density at radius 3 is 2.61 bits per heavy atom. The van der Waals surface area contributed by atoms with Crippen LogP contribution in [-0.4, -0.2) is 66.4 Å². The lowest BCUT2D eigenvalue weighted by Gasteiger charge is -2.39. The quantitative estimate of drug-likeness (QED) is 0.822. The first-order valence-corrected chi connectivity index (χ1v) is 9.87. The molecule has 0 aliphatic carbocycles.